The van der Waals surface area contributed by atoms with E-state index in [1.807, 2.05) is 42.3 Å². The van der Waals surface area contributed by atoms with Gasteiger partial charge >= 0.3 is 5.97 Å². The Labute approximate surface area is 199 Å². The molecule has 2 aromatic rings. The highest BCUT2D eigenvalue weighted by molar-refractivity contribution is 5.95. The van der Waals surface area contributed by atoms with Crippen molar-refractivity contribution in [1.29, 1.82) is 0 Å². The number of esters is 1. The van der Waals surface area contributed by atoms with Crippen LogP contribution in [0.3, 0.4) is 0 Å². The number of hydrogen-bond donors (Lipinski definition) is 0. The average molecular weight is 453 g/mol. The van der Waals surface area contributed by atoms with Crippen molar-refractivity contribution in [2.75, 3.05) is 36.5 Å². The normalized spacial score (nSPS) is 14.7. The fraction of sp³-hybridized carbons (Fsp3) is 0.536. The first-order chi connectivity index (χ1) is 16.1. The Balaban J connectivity index is 1.72. The molecule has 1 unspecified atom stereocenters. The third-order valence-corrected chi connectivity index (χ3v) is 6.28. The average Bonchev–Trinajstić information content (AvgIpc) is 3.17. The molecule has 0 aliphatic carbocycles. The molecule has 33 heavy (non-hydrogen) atoms. The molecule has 1 aliphatic heterocycles. The number of carbonyl (C=O) groups excluding carboxylic acids is 1. The molecule has 180 valence electrons. The first-order valence-electron chi connectivity index (χ1n) is 12.6. The van der Waals surface area contributed by atoms with Crippen LogP contribution in [0.5, 0.6) is 5.75 Å². The number of ether oxygens (including phenoxy) is 2. The van der Waals surface area contributed by atoms with Crippen LogP contribution in [0, 0.1) is 0 Å². The van der Waals surface area contributed by atoms with Gasteiger partial charge in [0.05, 0.1) is 12.2 Å². The SMILES string of the molecule is CCCCCOc1ccc(N(C)C2OC(=O)c3cc(N(CCCC)CCCC)ccc32)cc1. The summed E-state index contributed by atoms with van der Waals surface area (Å²) >= 11 is 0. The van der Waals surface area contributed by atoms with Crippen molar-refractivity contribution in [3.8, 4) is 5.75 Å². The van der Waals surface area contributed by atoms with Gasteiger partial charge in [-0.05, 0) is 55.7 Å². The fourth-order valence-electron chi connectivity index (χ4n) is 4.17. The summed E-state index contributed by atoms with van der Waals surface area (Å²) in [4.78, 5) is 17.2. The summed E-state index contributed by atoms with van der Waals surface area (Å²) in [5.74, 6) is 0.626. The number of anilines is 2. The molecule has 2 aromatic carbocycles. The van der Waals surface area contributed by atoms with Gasteiger partial charge in [-0.15, -0.1) is 0 Å². The van der Waals surface area contributed by atoms with Crippen LogP contribution in [0.25, 0.3) is 0 Å². The molecule has 5 nitrogen and oxygen atoms in total. The van der Waals surface area contributed by atoms with E-state index in [2.05, 4.69) is 37.8 Å². The van der Waals surface area contributed by atoms with Gasteiger partial charge in [-0.3, -0.25) is 0 Å². The Morgan fingerprint density at radius 2 is 1.48 bits per heavy atom. The zero-order chi connectivity index (χ0) is 23.6. The minimum atomic E-state index is -0.419. The van der Waals surface area contributed by atoms with Gasteiger partial charge in [0.25, 0.3) is 0 Å². The highest BCUT2D eigenvalue weighted by atomic mass is 16.6. The maximum absolute atomic E-state index is 12.8. The predicted molar refractivity (Wildman–Crippen MR) is 136 cm³/mol. The molecule has 3 rings (SSSR count). The summed E-state index contributed by atoms with van der Waals surface area (Å²) in [6, 6.07) is 14.2. The molecule has 1 atom stereocenters. The molecule has 0 amide bonds. The third-order valence-electron chi connectivity index (χ3n) is 6.28. The van der Waals surface area contributed by atoms with Crippen molar-refractivity contribution in [1.82, 2.24) is 0 Å². The van der Waals surface area contributed by atoms with Crippen molar-refractivity contribution in [3.63, 3.8) is 0 Å². The van der Waals surface area contributed by atoms with Crippen LogP contribution in [0.4, 0.5) is 11.4 Å². The van der Waals surface area contributed by atoms with Crippen LogP contribution in [0.15, 0.2) is 42.5 Å². The van der Waals surface area contributed by atoms with Crippen molar-refractivity contribution in [3.05, 3.63) is 53.6 Å². The van der Waals surface area contributed by atoms with Crippen LogP contribution in [-0.2, 0) is 4.74 Å². The van der Waals surface area contributed by atoms with E-state index in [0.717, 1.165) is 74.5 Å². The largest absolute Gasteiger partial charge is 0.494 e. The van der Waals surface area contributed by atoms with Gasteiger partial charge in [-0.1, -0.05) is 52.5 Å². The molecule has 5 heteroatoms. The number of cyclic esters (lactones) is 1. The Kier molecular flexibility index (Phi) is 9.47. The summed E-state index contributed by atoms with van der Waals surface area (Å²) in [7, 11) is 1.97. The Morgan fingerprint density at radius 3 is 2.12 bits per heavy atom. The lowest BCUT2D eigenvalue weighted by Crippen LogP contribution is -2.26. The van der Waals surface area contributed by atoms with Crippen molar-refractivity contribution >= 4 is 17.3 Å². The van der Waals surface area contributed by atoms with Gasteiger partial charge in [-0.2, -0.15) is 0 Å². The summed E-state index contributed by atoms with van der Waals surface area (Å²) in [6.07, 6.45) is 7.64. The van der Waals surface area contributed by atoms with Gasteiger partial charge in [0.2, 0.25) is 6.23 Å². The standard InChI is InChI=1S/C28H40N2O3/c1-5-8-11-20-32-24-15-12-22(13-16-24)29(4)27-25-17-14-23(21-26(25)28(31)33-27)30(18-9-6-2)19-10-7-3/h12-17,21,27H,5-11,18-20H2,1-4H3. The highest BCUT2D eigenvalue weighted by Crippen LogP contribution is 2.37. The lowest BCUT2D eigenvalue weighted by atomic mass is 10.1. The minimum Gasteiger partial charge on any atom is -0.494 e. The Bertz CT molecular complexity index is 873. The van der Waals surface area contributed by atoms with E-state index >= 15 is 0 Å². The van der Waals surface area contributed by atoms with Crippen LogP contribution in [0.1, 0.15) is 87.9 Å². The number of carbonyl (C=O) groups is 1. The van der Waals surface area contributed by atoms with E-state index in [1.165, 1.54) is 12.8 Å². The number of nitrogens with zero attached hydrogens (tertiary/aromatic N) is 2. The van der Waals surface area contributed by atoms with E-state index in [-0.39, 0.29) is 5.97 Å². The third kappa shape index (κ3) is 6.43. The summed E-state index contributed by atoms with van der Waals surface area (Å²) < 4.78 is 11.6. The zero-order valence-corrected chi connectivity index (χ0v) is 20.8. The molecule has 1 heterocycles. The van der Waals surface area contributed by atoms with E-state index in [9.17, 15) is 4.79 Å². The number of benzene rings is 2. The monoisotopic (exact) mass is 452 g/mol. The summed E-state index contributed by atoms with van der Waals surface area (Å²) in [6.45, 7) is 9.38. The first-order valence-corrected chi connectivity index (χ1v) is 12.6. The lowest BCUT2D eigenvalue weighted by Gasteiger charge is -2.27. The van der Waals surface area contributed by atoms with E-state index in [0.29, 0.717) is 5.56 Å². The molecule has 0 aromatic heterocycles. The topological polar surface area (TPSA) is 42.0 Å². The van der Waals surface area contributed by atoms with Gasteiger partial charge in [0.1, 0.15) is 5.75 Å². The van der Waals surface area contributed by atoms with Crippen molar-refractivity contribution in [2.45, 2.75) is 71.9 Å². The van der Waals surface area contributed by atoms with Gasteiger partial charge in [0.15, 0.2) is 0 Å². The second kappa shape index (κ2) is 12.5. The zero-order valence-electron chi connectivity index (χ0n) is 20.8. The molecule has 0 saturated carbocycles. The molecule has 0 fully saturated rings. The molecule has 1 aliphatic rings. The van der Waals surface area contributed by atoms with E-state index < -0.39 is 6.23 Å². The lowest BCUT2D eigenvalue weighted by molar-refractivity contribution is 0.0388. The van der Waals surface area contributed by atoms with Crippen molar-refractivity contribution in [2.24, 2.45) is 0 Å². The molecule has 0 bridgehead atoms. The van der Waals surface area contributed by atoms with Crippen LogP contribution in [0.2, 0.25) is 0 Å². The quantitative estimate of drug-likeness (QED) is 0.229. The Hall–Kier alpha value is -2.69. The first kappa shape index (κ1) is 24.9. The minimum absolute atomic E-state index is 0.245. The number of unbranched alkanes of at least 4 members (excludes halogenated alkanes) is 4. The highest BCUT2D eigenvalue weighted by Gasteiger charge is 2.34. The smallest absolute Gasteiger partial charge is 0.340 e. The summed E-state index contributed by atoms with van der Waals surface area (Å²) in [5, 5.41) is 0. The molecular formula is C28H40N2O3. The second-order valence-corrected chi connectivity index (χ2v) is 8.88. The summed E-state index contributed by atoms with van der Waals surface area (Å²) in [5.41, 5.74) is 3.70. The van der Waals surface area contributed by atoms with Gasteiger partial charge in [-0.25, -0.2) is 4.79 Å². The maximum atomic E-state index is 12.8. The van der Waals surface area contributed by atoms with Crippen LogP contribution < -0.4 is 14.5 Å². The van der Waals surface area contributed by atoms with Crippen LogP contribution in [-0.4, -0.2) is 32.7 Å². The second-order valence-electron chi connectivity index (χ2n) is 8.88. The van der Waals surface area contributed by atoms with E-state index in [4.69, 9.17) is 9.47 Å². The van der Waals surface area contributed by atoms with Gasteiger partial charge in [0, 0.05) is 37.1 Å². The van der Waals surface area contributed by atoms with E-state index in [1.54, 1.807) is 0 Å². The van der Waals surface area contributed by atoms with Crippen molar-refractivity contribution < 1.29 is 14.3 Å². The maximum Gasteiger partial charge on any atom is 0.340 e. The molecule has 0 N–H and O–H groups in total. The molecular weight excluding hydrogens is 412 g/mol. The Morgan fingerprint density at radius 1 is 0.848 bits per heavy atom. The molecule has 0 radical (unpaired) electrons. The number of fused-ring (bicyclic) bond motifs is 1. The fourth-order valence-corrected chi connectivity index (χ4v) is 4.17. The van der Waals surface area contributed by atoms with Gasteiger partial charge < -0.3 is 19.3 Å². The molecule has 0 spiro atoms. The number of rotatable bonds is 14. The molecule has 0 saturated heterocycles. The number of hydrogen-bond acceptors (Lipinski definition) is 5. The predicted octanol–water partition coefficient (Wildman–Crippen LogP) is 6.97. The van der Waals surface area contributed by atoms with Crippen LogP contribution >= 0.6 is 0 Å².